The second-order valence-corrected chi connectivity index (χ2v) is 15.3. The number of halogens is 1. The Labute approximate surface area is 302 Å². The molecular formula is C39H38ClN5O5S. The zero-order valence-electron chi connectivity index (χ0n) is 28.1. The summed E-state index contributed by atoms with van der Waals surface area (Å²) in [7, 11) is -4.27. The number of anilines is 1. The fourth-order valence-electron chi connectivity index (χ4n) is 6.64. The highest BCUT2D eigenvalue weighted by Gasteiger charge is 2.33. The highest BCUT2D eigenvalue weighted by atomic mass is 35.5. The molecule has 0 spiro atoms. The summed E-state index contributed by atoms with van der Waals surface area (Å²) in [6, 6.07) is 23.6. The van der Waals surface area contributed by atoms with Gasteiger partial charge in [-0.25, -0.2) is 23.1 Å². The molecule has 7 rings (SSSR count). The van der Waals surface area contributed by atoms with Crippen molar-refractivity contribution < 1.29 is 23.1 Å². The summed E-state index contributed by atoms with van der Waals surface area (Å²) in [4.78, 5) is 41.3. The topological polar surface area (TPSA) is 133 Å². The number of carbonyl (C=O) groups excluding carboxylic acids is 2. The molecule has 2 heterocycles. The number of amides is 2. The third-order valence-electron chi connectivity index (χ3n) is 9.54. The summed E-state index contributed by atoms with van der Waals surface area (Å²) >= 11 is 6.75. The Balaban J connectivity index is 1.28. The molecule has 0 radical (unpaired) electrons. The van der Waals surface area contributed by atoms with Crippen molar-refractivity contribution in [1.29, 1.82) is 0 Å². The first-order valence-electron chi connectivity index (χ1n) is 17.1. The van der Waals surface area contributed by atoms with Crippen LogP contribution >= 0.6 is 11.6 Å². The van der Waals surface area contributed by atoms with Crippen molar-refractivity contribution in [3.05, 3.63) is 118 Å². The predicted molar refractivity (Wildman–Crippen MR) is 197 cm³/mol. The lowest BCUT2D eigenvalue weighted by Gasteiger charge is -2.36. The molecule has 0 saturated heterocycles. The number of hydrogen-bond donors (Lipinski definition) is 2. The molecule has 0 unspecified atom stereocenters. The Morgan fingerprint density at radius 1 is 0.980 bits per heavy atom. The van der Waals surface area contributed by atoms with Gasteiger partial charge in [0.2, 0.25) is 5.95 Å². The van der Waals surface area contributed by atoms with Gasteiger partial charge in [0, 0.05) is 36.3 Å². The van der Waals surface area contributed by atoms with Crippen molar-refractivity contribution in [2.45, 2.75) is 50.1 Å². The number of sulfonamides is 1. The van der Waals surface area contributed by atoms with Crippen molar-refractivity contribution in [1.82, 2.24) is 19.6 Å². The van der Waals surface area contributed by atoms with E-state index in [0.29, 0.717) is 34.9 Å². The molecule has 1 fully saturated rings. The maximum atomic E-state index is 14.6. The number of nitrogens with zero attached hydrogens (tertiary/aromatic N) is 4. The predicted octanol–water partition coefficient (Wildman–Crippen LogP) is 6.25. The fourth-order valence-corrected chi connectivity index (χ4v) is 7.84. The van der Waals surface area contributed by atoms with Crippen LogP contribution in [0.15, 0.2) is 96.0 Å². The minimum atomic E-state index is -4.27. The first-order chi connectivity index (χ1) is 24.6. The van der Waals surface area contributed by atoms with Gasteiger partial charge in [0.15, 0.2) is 0 Å². The Bertz CT molecular complexity index is 2240. The van der Waals surface area contributed by atoms with Crippen LogP contribution < -0.4 is 9.62 Å². The SMILES string of the molecule is CCCN(CC1CC1)c1ncc(Cl)c(-c2ccc(C(=O)NS(=O)(=O)c3ccc4ccccc4c3)cc2C(=O)N2Cc3ccccc3C[C@H]2CO)n1. The summed E-state index contributed by atoms with van der Waals surface area (Å²) in [5.74, 6) is -0.285. The molecule has 1 aliphatic carbocycles. The minimum Gasteiger partial charge on any atom is -0.394 e. The summed E-state index contributed by atoms with van der Waals surface area (Å²) in [6.45, 7) is 3.62. The molecule has 5 aromatic rings. The number of carbonyl (C=O) groups is 2. The van der Waals surface area contributed by atoms with E-state index in [1.54, 1.807) is 29.2 Å². The second-order valence-electron chi connectivity index (χ2n) is 13.2. The minimum absolute atomic E-state index is 0.0452. The molecule has 1 aromatic heterocycles. The molecule has 10 nitrogen and oxygen atoms in total. The lowest BCUT2D eigenvalue weighted by atomic mass is 9.92. The normalized spacial score (nSPS) is 15.7. The van der Waals surface area contributed by atoms with Crippen LogP contribution in [0, 0.1) is 5.92 Å². The number of rotatable bonds is 11. The molecule has 1 aliphatic heterocycles. The van der Waals surface area contributed by atoms with Crippen LogP contribution in [0.25, 0.3) is 22.0 Å². The molecular weight excluding hydrogens is 686 g/mol. The van der Waals surface area contributed by atoms with Gasteiger partial charge in [-0.2, -0.15) is 0 Å². The zero-order chi connectivity index (χ0) is 35.7. The highest BCUT2D eigenvalue weighted by Crippen LogP contribution is 2.35. The van der Waals surface area contributed by atoms with E-state index in [1.165, 1.54) is 30.5 Å². The number of hydrogen-bond acceptors (Lipinski definition) is 8. The highest BCUT2D eigenvalue weighted by molar-refractivity contribution is 7.90. The largest absolute Gasteiger partial charge is 0.394 e. The number of fused-ring (bicyclic) bond motifs is 2. The van der Waals surface area contributed by atoms with Crippen LogP contribution in [0.5, 0.6) is 0 Å². The van der Waals surface area contributed by atoms with Crippen LogP contribution in [-0.4, -0.2) is 65.9 Å². The van der Waals surface area contributed by atoms with Crippen molar-refractivity contribution in [3.63, 3.8) is 0 Å². The van der Waals surface area contributed by atoms with Crippen LogP contribution in [0.1, 0.15) is 58.0 Å². The van der Waals surface area contributed by atoms with E-state index in [-0.39, 0.29) is 34.2 Å². The number of aromatic nitrogens is 2. The standard InChI is InChI=1S/C39H38ClN5O5S/c1-2-17-44(22-25-11-12-25)39-41-21-35(40)36(42-39)33-16-14-29(37(47)43-51(49,50)32-15-13-26-7-3-4-9-28(26)19-32)20-34(33)38(48)45-23-30-10-6-5-8-27(30)18-31(45)24-46/h3-10,13-16,19-21,25,31,46H,2,11-12,17-18,22-24H2,1H3,(H,43,47)/t31-/m0/s1. The molecule has 262 valence electrons. The van der Waals surface area contributed by atoms with E-state index in [9.17, 15) is 23.1 Å². The van der Waals surface area contributed by atoms with Crippen molar-refractivity contribution in [3.8, 4) is 11.3 Å². The van der Waals surface area contributed by atoms with Gasteiger partial charge in [0.05, 0.1) is 34.5 Å². The van der Waals surface area contributed by atoms with Gasteiger partial charge in [-0.1, -0.05) is 79.2 Å². The van der Waals surface area contributed by atoms with Crippen LogP contribution in [-0.2, 0) is 23.0 Å². The lowest BCUT2D eigenvalue weighted by Crippen LogP contribution is -2.46. The molecule has 4 aromatic carbocycles. The van der Waals surface area contributed by atoms with Crippen molar-refractivity contribution in [2.24, 2.45) is 5.92 Å². The summed E-state index contributed by atoms with van der Waals surface area (Å²) < 4.78 is 29.0. The van der Waals surface area contributed by atoms with Crippen LogP contribution in [0.2, 0.25) is 5.02 Å². The number of aliphatic hydroxyl groups is 1. The van der Waals surface area contributed by atoms with E-state index in [0.717, 1.165) is 48.9 Å². The maximum absolute atomic E-state index is 14.6. The van der Waals surface area contributed by atoms with E-state index in [1.807, 2.05) is 36.4 Å². The molecule has 0 bridgehead atoms. The van der Waals surface area contributed by atoms with Gasteiger partial charge in [-0.15, -0.1) is 0 Å². The quantitative estimate of drug-likeness (QED) is 0.163. The van der Waals surface area contributed by atoms with Gasteiger partial charge < -0.3 is 14.9 Å². The summed E-state index contributed by atoms with van der Waals surface area (Å²) in [6.07, 6.45) is 5.18. The molecule has 51 heavy (non-hydrogen) atoms. The average Bonchev–Trinajstić information content (AvgIpc) is 3.97. The Morgan fingerprint density at radius 2 is 1.73 bits per heavy atom. The molecule has 1 saturated carbocycles. The fraction of sp³-hybridized carbons (Fsp3) is 0.282. The summed E-state index contributed by atoms with van der Waals surface area (Å²) in [5, 5.41) is 12.2. The van der Waals surface area contributed by atoms with Gasteiger partial charge in [0.25, 0.3) is 21.8 Å². The number of aliphatic hydroxyl groups excluding tert-OH is 1. The zero-order valence-corrected chi connectivity index (χ0v) is 29.7. The first-order valence-corrected chi connectivity index (χ1v) is 19.0. The first kappa shape index (κ1) is 34.6. The monoisotopic (exact) mass is 723 g/mol. The number of benzene rings is 4. The second kappa shape index (κ2) is 14.4. The van der Waals surface area contributed by atoms with E-state index in [4.69, 9.17) is 16.6 Å². The third kappa shape index (κ3) is 7.33. The lowest BCUT2D eigenvalue weighted by molar-refractivity contribution is 0.0545. The summed E-state index contributed by atoms with van der Waals surface area (Å²) in [5.41, 5.74) is 2.72. The molecule has 2 N–H and O–H groups in total. The van der Waals surface area contributed by atoms with Crippen LogP contribution in [0.3, 0.4) is 0 Å². The Morgan fingerprint density at radius 3 is 2.47 bits per heavy atom. The maximum Gasteiger partial charge on any atom is 0.265 e. The number of nitrogens with one attached hydrogen (secondary N) is 1. The van der Waals surface area contributed by atoms with Gasteiger partial charge >= 0.3 is 0 Å². The Hall–Kier alpha value is -4.84. The van der Waals surface area contributed by atoms with Crippen LogP contribution in [0.4, 0.5) is 5.95 Å². The van der Waals surface area contributed by atoms with Gasteiger partial charge in [-0.3, -0.25) is 9.59 Å². The van der Waals surface area contributed by atoms with E-state index in [2.05, 4.69) is 21.5 Å². The smallest absolute Gasteiger partial charge is 0.265 e. The third-order valence-corrected chi connectivity index (χ3v) is 11.1. The van der Waals surface area contributed by atoms with E-state index >= 15 is 0 Å². The van der Waals surface area contributed by atoms with E-state index < -0.39 is 27.9 Å². The van der Waals surface area contributed by atoms with Gasteiger partial charge in [0.1, 0.15) is 0 Å². The van der Waals surface area contributed by atoms with Crippen molar-refractivity contribution in [2.75, 3.05) is 24.6 Å². The molecule has 2 aliphatic rings. The van der Waals surface area contributed by atoms with Crippen molar-refractivity contribution >= 4 is 50.2 Å². The Kier molecular flexibility index (Phi) is 9.78. The van der Waals surface area contributed by atoms with Gasteiger partial charge in [-0.05, 0) is 77.8 Å². The molecule has 2 amide bonds. The molecule has 1 atom stereocenters. The average molecular weight is 724 g/mol. The molecule has 12 heteroatoms.